The molecule has 1 heterocycles. The van der Waals surface area contributed by atoms with Crippen LogP contribution >= 0.6 is 0 Å². The zero-order valence-corrected chi connectivity index (χ0v) is 8.46. The maximum Gasteiger partial charge on any atom is 0.354 e. The van der Waals surface area contributed by atoms with Crippen molar-refractivity contribution in [3.05, 3.63) is 23.0 Å². The zero-order valence-electron chi connectivity index (χ0n) is 8.46. The Labute approximate surface area is 82.3 Å². The predicted molar refractivity (Wildman–Crippen MR) is 51.6 cm³/mol. The van der Waals surface area contributed by atoms with Crippen LogP contribution in [-0.2, 0) is 4.74 Å². The number of ether oxygens (including phenoxy) is 1. The van der Waals surface area contributed by atoms with Crippen LogP contribution in [0, 0.1) is 0 Å². The number of nitrogens with one attached hydrogen (secondary N) is 1. The molecule has 1 rings (SSSR count). The van der Waals surface area contributed by atoms with Crippen molar-refractivity contribution in [2.24, 2.45) is 0 Å². The molecular formula is C10H13NO3. The summed E-state index contributed by atoms with van der Waals surface area (Å²) >= 11 is 0. The lowest BCUT2D eigenvalue weighted by atomic mass is 9.99. The molecule has 0 spiro atoms. The Kier molecular flexibility index (Phi) is 3.06. The van der Waals surface area contributed by atoms with Gasteiger partial charge in [0.2, 0.25) is 0 Å². The van der Waals surface area contributed by atoms with Gasteiger partial charge in [0, 0.05) is 11.8 Å². The summed E-state index contributed by atoms with van der Waals surface area (Å²) in [6, 6.07) is 0. The van der Waals surface area contributed by atoms with Gasteiger partial charge < -0.3 is 9.72 Å². The third-order valence-electron chi connectivity index (χ3n) is 2.05. The van der Waals surface area contributed by atoms with Crippen molar-refractivity contribution in [1.29, 1.82) is 0 Å². The fraction of sp³-hybridized carbons (Fsp3) is 0.400. The van der Waals surface area contributed by atoms with Crippen molar-refractivity contribution in [3.63, 3.8) is 0 Å². The largest absolute Gasteiger partial charge is 0.464 e. The predicted octanol–water partition coefficient (Wildman–Crippen LogP) is 1.74. The minimum Gasteiger partial charge on any atom is -0.464 e. The summed E-state index contributed by atoms with van der Waals surface area (Å²) in [6.07, 6.45) is 2.26. The number of methoxy groups -OCH3 is 1. The van der Waals surface area contributed by atoms with Gasteiger partial charge in [0.1, 0.15) is 5.69 Å². The molecule has 1 aromatic heterocycles. The van der Waals surface area contributed by atoms with E-state index in [2.05, 4.69) is 9.72 Å². The van der Waals surface area contributed by atoms with Gasteiger partial charge in [-0.15, -0.1) is 0 Å². The number of carbonyl (C=O) groups is 2. The summed E-state index contributed by atoms with van der Waals surface area (Å²) in [6.45, 7) is 3.84. The number of rotatable bonds is 3. The van der Waals surface area contributed by atoms with Crippen molar-refractivity contribution >= 4 is 12.3 Å². The fourth-order valence-electron chi connectivity index (χ4n) is 1.44. The van der Waals surface area contributed by atoms with Gasteiger partial charge in [-0.25, -0.2) is 4.79 Å². The van der Waals surface area contributed by atoms with Gasteiger partial charge in [-0.05, 0) is 11.5 Å². The van der Waals surface area contributed by atoms with E-state index in [1.54, 1.807) is 0 Å². The maximum atomic E-state index is 11.3. The molecule has 0 saturated carbocycles. The maximum absolute atomic E-state index is 11.3. The number of aldehydes is 1. The topological polar surface area (TPSA) is 59.2 Å². The molecule has 1 aromatic rings. The van der Waals surface area contributed by atoms with Gasteiger partial charge >= 0.3 is 5.97 Å². The number of H-pyrrole nitrogens is 1. The second-order valence-electron chi connectivity index (χ2n) is 3.30. The first-order valence-electron chi connectivity index (χ1n) is 4.36. The molecule has 0 atom stereocenters. The molecule has 0 amide bonds. The Morgan fingerprint density at radius 2 is 2.21 bits per heavy atom. The van der Waals surface area contributed by atoms with E-state index in [1.807, 2.05) is 13.8 Å². The van der Waals surface area contributed by atoms with Gasteiger partial charge in [0.05, 0.1) is 7.11 Å². The molecule has 0 radical (unpaired) electrons. The molecule has 14 heavy (non-hydrogen) atoms. The van der Waals surface area contributed by atoms with Crippen LogP contribution in [0.25, 0.3) is 0 Å². The van der Waals surface area contributed by atoms with Crippen molar-refractivity contribution in [1.82, 2.24) is 4.98 Å². The first kappa shape index (κ1) is 10.5. The van der Waals surface area contributed by atoms with Crippen molar-refractivity contribution < 1.29 is 14.3 Å². The summed E-state index contributed by atoms with van der Waals surface area (Å²) in [5.41, 5.74) is 1.59. The molecule has 0 aliphatic carbocycles. The Hall–Kier alpha value is -1.58. The number of aromatic nitrogens is 1. The molecule has 0 fully saturated rings. The lowest BCUT2D eigenvalue weighted by Gasteiger charge is -2.06. The zero-order chi connectivity index (χ0) is 10.7. The van der Waals surface area contributed by atoms with Crippen LogP contribution in [0.15, 0.2) is 6.20 Å². The van der Waals surface area contributed by atoms with Crippen molar-refractivity contribution in [3.8, 4) is 0 Å². The normalized spacial score (nSPS) is 10.3. The highest BCUT2D eigenvalue weighted by atomic mass is 16.5. The standard InChI is InChI=1S/C10H13NO3/c1-6(2)8-7(5-12)4-11-9(8)10(13)14-3/h4-6,11H,1-3H3. The SMILES string of the molecule is COC(=O)c1[nH]cc(C=O)c1C(C)C. The van der Waals surface area contributed by atoms with E-state index in [0.717, 1.165) is 6.29 Å². The Morgan fingerprint density at radius 1 is 1.57 bits per heavy atom. The van der Waals surface area contributed by atoms with Crippen LogP contribution in [-0.4, -0.2) is 24.3 Å². The number of carbonyl (C=O) groups excluding carboxylic acids is 2. The van der Waals surface area contributed by atoms with E-state index in [-0.39, 0.29) is 5.92 Å². The molecule has 4 heteroatoms. The molecule has 0 saturated heterocycles. The quantitative estimate of drug-likeness (QED) is 0.590. The molecule has 0 bridgehead atoms. The van der Waals surface area contributed by atoms with Gasteiger partial charge in [0.25, 0.3) is 0 Å². The van der Waals surface area contributed by atoms with Crippen LogP contribution in [0.2, 0.25) is 0 Å². The first-order chi connectivity index (χ1) is 6.61. The highest BCUT2D eigenvalue weighted by Crippen LogP contribution is 2.22. The van der Waals surface area contributed by atoms with Crippen LogP contribution < -0.4 is 0 Å². The van der Waals surface area contributed by atoms with E-state index in [0.29, 0.717) is 16.8 Å². The van der Waals surface area contributed by atoms with E-state index >= 15 is 0 Å². The minimum absolute atomic E-state index is 0.107. The number of hydrogen-bond acceptors (Lipinski definition) is 3. The van der Waals surface area contributed by atoms with Gasteiger partial charge in [-0.2, -0.15) is 0 Å². The lowest BCUT2D eigenvalue weighted by molar-refractivity contribution is 0.0593. The van der Waals surface area contributed by atoms with E-state index < -0.39 is 5.97 Å². The molecule has 4 nitrogen and oxygen atoms in total. The molecule has 0 unspecified atom stereocenters. The summed E-state index contributed by atoms with van der Waals surface area (Å²) < 4.78 is 4.60. The second kappa shape index (κ2) is 4.09. The monoisotopic (exact) mass is 195 g/mol. The Morgan fingerprint density at radius 3 is 2.64 bits per heavy atom. The van der Waals surface area contributed by atoms with Crippen LogP contribution in [0.4, 0.5) is 0 Å². The molecule has 0 aliphatic heterocycles. The highest BCUT2D eigenvalue weighted by Gasteiger charge is 2.19. The average Bonchev–Trinajstić information content (AvgIpc) is 2.59. The Balaban J connectivity index is 3.24. The van der Waals surface area contributed by atoms with Gasteiger partial charge in [-0.1, -0.05) is 13.8 Å². The summed E-state index contributed by atoms with van der Waals surface area (Å²) in [5.74, 6) is -0.336. The molecule has 76 valence electrons. The van der Waals surface area contributed by atoms with Crippen molar-refractivity contribution in [2.45, 2.75) is 19.8 Å². The summed E-state index contributed by atoms with van der Waals surface area (Å²) in [7, 11) is 1.31. The third kappa shape index (κ3) is 1.69. The average molecular weight is 195 g/mol. The minimum atomic E-state index is -0.443. The highest BCUT2D eigenvalue weighted by molar-refractivity contribution is 5.93. The smallest absolute Gasteiger partial charge is 0.354 e. The number of esters is 1. The van der Waals surface area contributed by atoms with E-state index in [9.17, 15) is 9.59 Å². The molecule has 1 N–H and O–H groups in total. The van der Waals surface area contributed by atoms with Crippen LogP contribution in [0.1, 0.15) is 46.2 Å². The third-order valence-corrected chi connectivity index (χ3v) is 2.05. The first-order valence-corrected chi connectivity index (χ1v) is 4.36. The van der Waals surface area contributed by atoms with E-state index in [4.69, 9.17) is 0 Å². The second-order valence-corrected chi connectivity index (χ2v) is 3.30. The van der Waals surface area contributed by atoms with Gasteiger partial charge in [-0.3, -0.25) is 4.79 Å². The number of aromatic amines is 1. The van der Waals surface area contributed by atoms with Crippen LogP contribution in [0.3, 0.4) is 0 Å². The summed E-state index contributed by atoms with van der Waals surface area (Å²) in [4.78, 5) is 24.7. The molecular weight excluding hydrogens is 182 g/mol. The van der Waals surface area contributed by atoms with Crippen molar-refractivity contribution in [2.75, 3.05) is 7.11 Å². The Bertz CT molecular complexity index is 352. The molecule has 0 aliphatic rings. The summed E-state index contributed by atoms with van der Waals surface area (Å²) in [5, 5.41) is 0. The van der Waals surface area contributed by atoms with E-state index in [1.165, 1.54) is 13.3 Å². The van der Waals surface area contributed by atoms with Crippen LogP contribution in [0.5, 0.6) is 0 Å². The van der Waals surface area contributed by atoms with Gasteiger partial charge in [0.15, 0.2) is 6.29 Å². The number of hydrogen-bond donors (Lipinski definition) is 1. The molecule has 0 aromatic carbocycles. The lowest BCUT2D eigenvalue weighted by Crippen LogP contribution is -2.06. The fourth-order valence-corrected chi connectivity index (χ4v) is 1.44.